The molecule has 0 spiro atoms. The Morgan fingerprint density at radius 1 is 0.789 bits per heavy atom. The van der Waals surface area contributed by atoms with Crippen molar-refractivity contribution in [3.63, 3.8) is 0 Å². The first kappa shape index (κ1) is 15.3. The number of rotatable bonds is 2. The van der Waals surface area contributed by atoms with Gasteiger partial charge in [0.05, 0.1) is 0 Å². The van der Waals surface area contributed by atoms with E-state index < -0.39 is 0 Å². The van der Waals surface area contributed by atoms with E-state index in [9.17, 15) is 4.79 Å². The number of amides is 1. The lowest BCUT2D eigenvalue weighted by Gasteiger charge is -2.25. The van der Waals surface area contributed by atoms with Gasteiger partial charge in [-0.1, -0.05) is 67.3 Å². The highest BCUT2D eigenvalue weighted by atomic mass is 79.9. The monoisotopic (exact) mass is 329 g/mol. The van der Waals surface area contributed by atoms with Gasteiger partial charge in [-0.3, -0.25) is 4.79 Å². The summed E-state index contributed by atoms with van der Waals surface area (Å²) >= 11 is 3.77. The summed E-state index contributed by atoms with van der Waals surface area (Å²) in [6.45, 7) is 0. The summed E-state index contributed by atoms with van der Waals surface area (Å²) in [5.41, 5.74) is 0. The lowest BCUT2D eigenvalue weighted by Crippen LogP contribution is -2.43. The van der Waals surface area contributed by atoms with E-state index in [1.807, 2.05) is 0 Å². The minimum Gasteiger partial charge on any atom is -0.352 e. The topological polar surface area (TPSA) is 29.1 Å². The fourth-order valence-electron chi connectivity index (χ4n) is 3.44. The Kier molecular flexibility index (Phi) is 6.69. The smallest absolute Gasteiger partial charge is 0.223 e. The maximum Gasteiger partial charge on any atom is 0.223 e. The average Bonchev–Trinajstić information content (AvgIpc) is 2.54. The predicted molar refractivity (Wildman–Crippen MR) is 83.5 cm³/mol. The van der Waals surface area contributed by atoms with Crippen molar-refractivity contribution in [1.82, 2.24) is 5.32 Å². The molecule has 110 valence electrons. The molecule has 0 aliphatic heterocycles. The number of carbonyl (C=O) groups excluding carboxylic acids is 1. The molecular formula is C16H28BrNO. The third-order valence-corrected chi connectivity index (χ3v) is 5.83. The summed E-state index contributed by atoms with van der Waals surface area (Å²) in [5.74, 6) is 0.613. The molecule has 2 saturated carbocycles. The highest BCUT2D eigenvalue weighted by molar-refractivity contribution is 9.09. The van der Waals surface area contributed by atoms with Gasteiger partial charge in [0.15, 0.2) is 0 Å². The molecule has 2 aliphatic carbocycles. The number of halogens is 1. The Labute approximate surface area is 126 Å². The number of carbonyl (C=O) groups is 1. The van der Waals surface area contributed by atoms with Crippen LogP contribution in [0.1, 0.15) is 77.0 Å². The number of hydrogen-bond acceptors (Lipinski definition) is 1. The molecule has 19 heavy (non-hydrogen) atoms. The van der Waals surface area contributed by atoms with Crippen LogP contribution >= 0.6 is 15.9 Å². The molecule has 0 aromatic rings. The maximum absolute atomic E-state index is 12.5. The summed E-state index contributed by atoms with van der Waals surface area (Å²) in [6, 6.07) is 0.362. The predicted octanol–water partition coefficient (Wildman–Crippen LogP) is 4.56. The largest absolute Gasteiger partial charge is 0.352 e. The Hall–Kier alpha value is -0.0500. The lowest BCUT2D eigenvalue weighted by molar-refractivity contribution is -0.126. The van der Waals surface area contributed by atoms with Gasteiger partial charge in [-0.2, -0.15) is 0 Å². The van der Waals surface area contributed by atoms with Crippen LogP contribution in [0.15, 0.2) is 0 Å². The molecule has 2 atom stereocenters. The van der Waals surface area contributed by atoms with E-state index in [0.29, 0.717) is 16.8 Å². The number of hydrogen-bond donors (Lipinski definition) is 1. The van der Waals surface area contributed by atoms with Gasteiger partial charge in [-0.25, -0.2) is 0 Å². The van der Waals surface area contributed by atoms with Crippen molar-refractivity contribution >= 4 is 21.8 Å². The molecule has 0 heterocycles. The molecule has 2 fully saturated rings. The van der Waals surface area contributed by atoms with Gasteiger partial charge in [-0.05, 0) is 25.7 Å². The molecule has 0 radical (unpaired) electrons. The second kappa shape index (κ2) is 8.28. The third kappa shape index (κ3) is 5.09. The first-order chi connectivity index (χ1) is 9.27. The van der Waals surface area contributed by atoms with Gasteiger partial charge in [0, 0.05) is 16.8 Å². The van der Waals surface area contributed by atoms with Gasteiger partial charge in [0.1, 0.15) is 0 Å². The molecule has 2 rings (SSSR count). The summed E-state index contributed by atoms with van der Waals surface area (Å²) in [6.07, 6.45) is 14.9. The zero-order chi connectivity index (χ0) is 13.5. The van der Waals surface area contributed by atoms with Crippen LogP contribution in [-0.2, 0) is 4.79 Å². The van der Waals surface area contributed by atoms with Crippen molar-refractivity contribution in [3.05, 3.63) is 0 Å². The van der Waals surface area contributed by atoms with Gasteiger partial charge in [0.2, 0.25) is 5.91 Å². The van der Waals surface area contributed by atoms with Crippen molar-refractivity contribution in [2.45, 2.75) is 87.9 Å². The summed E-state index contributed by atoms with van der Waals surface area (Å²) in [5, 5.41) is 3.34. The van der Waals surface area contributed by atoms with Gasteiger partial charge < -0.3 is 5.32 Å². The van der Waals surface area contributed by atoms with Crippen LogP contribution in [0.3, 0.4) is 0 Å². The molecule has 3 heteroatoms. The second-order valence-electron chi connectivity index (χ2n) is 6.31. The fraction of sp³-hybridized carbons (Fsp3) is 0.938. The molecule has 0 aromatic carbocycles. The van der Waals surface area contributed by atoms with E-state index >= 15 is 0 Å². The van der Waals surface area contributed by atoms with Crippen molar-refractivity contribution in [2.24, 2.45) is 5.92 Å². The molecule has 0 aromatic heterocycles. The Bertz CT molecular complexity index is 274. The standard InChI is InChI=1S/C16H28BrNO/c17-14-11-7-4-8-12-15(14)18-16(19)13-9-5-2-1-3-6-10-13/h13-15H,1-12H2,(H,18,19). The van der Waals surface area contributed by atoms with Crippen LogP contribution in [0.2, 0.25) is 0 Å². The molecule has 0 bridgehead atoms. The molecule has 1 N–H and O–H groups in total. The normalized spacial score (nSPS) is 31.0. The quantitative estimate of drug-likeness (QED) is 0.584. The van der Waals surface area contributed by atoms with Crippen LogP contribution in [0, 0.1) is 5.92 Å². The van der Waals surface area contributed by atoms with Crippen molar-refractivity contribution in [3.8, 4) is 0 Å². The van der Waals surface area contributed by atoms with E-state index in [1.54, 1.807) is 0 Å². The SMILES string of the molecule is O=C(NC1CCCCCC1Br)C1CCCCCCC1. The minimum atomic E-state index is 0.281. The molecule has 2 unspecified atom stereocenters. The van der Waals surface area contributed by atoms with Gasteiger partial charge >= 0.3 is 0 Å². The number of nitrogens with one attached hydrogen (secondary N) is 1. The van der Waals surface area contributed by atoms with Crippen molar-refractivity contribution in [2.75, 3.05) is 0 Å². The van der Waals surface area contributed by atoms with Gasteiger partial charge in [0.25, 0.3) is 0 Å². The van der Waals surface area contributed by atoms with Crippen LogP contribution in [0.5, 0.6) is 0 Å². The van der Waals surface area contributed by atoms with Gasteiger partial charge in [-0.15, -0.1) is 0 Å². The molecule has 1 amide bonds. The number of alkyl halides is 1. The van der Waals surface area contributed by atoms with E-state index in [1.165, 1.54) is 57.8 Å². The average molecular weight is 330 g/mol. The fourth-order valence-corrected chi connectivity index (χ4v) is 4.16. The van der Waals surface area contributed by atoms with Crippen molar-refractivity contribution in [1.29, 1.82) is 0 Å². The summed E-state index contributed by atoms with van der Waals surface area (Å²) in [4.78, 5) is 12.9. The first-order valence-corrected chi connectivity index (χ1v) is 9.13. The second-order valence-corrected chi connectivity index (χ2v) is 7.49. The molecule has 2 nitrogen and oxygen atoms in total. The van der Waals surface area contributed by atoms with E-state index in [2.05, 4.69) is 21.2 Å². The van der Waals surface area contributed by atoms with E-state index in [-0.39, 0.29) is 5.92 Å². The molecule has 0 saturated heterocycles. The lowest BCUT2D eigenvalue weighted by atomic mass is 9.90. The molecular weight excluding hydrogens is 302 g/mol. The van der Waals surface area contributed by atoms with Crippen LogP contribution < -0.4 is 5.32 Å². The Balaban J connectivity index is 1.83. The third-order valence-electron chi connectivity index (χ3n) is 4.74. The van der Waals surface area contributed by atoms with E-state index in [4.69, 9.17) is 0 Å². The first-order valence-electron chi connectivity index (χ1n) is 8.22. The van der Waals surface area contributed by atoms with Crippen LogP contribution in [-0.4, -0.2) is 16.8 Å². The highest BCUT2D eigenvalue weighted by Crippen LogP contribution is 2.26. The molecule has 2 aliphatic rings. The van der Waals surface area contributed by atoms with Crippen LogP contribution in [0.25, 0.3) is 0 Å². The zero-order valence-electron chi connectivity index (χ0n) is 12.0. The minimum absolute atomic E-state index is 0.281. The Morgan fingerprint density at radius 2 is 1.32 bits per heavy atom. The maximum atomic E-state index is 12.5. The zero-order valence-corrected chi connectivity index (χ0v) is 13.6. The summed E-state index contributed by atoms with van der Waals surface area (Å²) < 4.78 is 0. The van der Waals surface area contributed by atoms with Crippen molar-refractivity contribution < 1.29 is 4.79 Å². The van der Waals surface area contributed by atoms with E-state index in [0.717, 1.165) is 19.3 Å². The van der Waals surface area contributed by atoms with Crippen LogP contribution in [0.4, 0.5) is 0 Å². The highest BCUT2D eigenvalue weighted by Gasteiger charge is 2.26. The summed E-state index contributed by atoms with van der Waals surface area (Å²) in [7, 11) is 0. The Morgan fingerprint density at radius 3 is 2.05 bits per heavy atom.